The molecular formula is C27H29Cl3FN3S. The molecule has 1 saturated heterocycles. The summed E-state index contributed by atoms with van der Waals surface area (Å²) in [5, 5.41) is 5.25. The summed E-state index contributed by atoms with van der Waals surface area (Å²) in [6.45, 7) is 6.48. The minimum absolute atomic E-state index is 0.0805. The van der Waals surface area contributed by atoms with Crippen LogP contribution in [0.5, 0.6) is 0 Å². The van der Waals surface area contributed by atoms with Gasteiger partial charge in [-0.05, 0) is 66.4 Å². The van der Waals surface area contributed by atoms with Gasteiger partial charge in [-0.25, -0.2) is 4.39 Å². The number of aliphatic imine (C=N–C) groups is 1. The van der Waals surface area contributed by atoms with Crippen molar-refractivity contribution in [1.29, 1.82) is 0 Å². The molecule has 2 aromatic rings. The minimum atomic E-state index is -0.445. The number of halogens is 4. The van der Waals surface area contributed by atoms with Gasteiger partial charge in [0.05, 0.1) is 11.1 Å². The number of anilines is 1. The number of amidine groups is 1. The van der Waals surface area contributed by atoms with Crippen LogP contribution < -0.4 is 10.2 Å². The summed E-state index contributed by atoms with van der Waals surface area (Å²) >= 11 is 24.4. The summed E-state index contributed by atoms with van der Waals surface area (Å²) < 4.78 is 13.9. The number of nitrogens with one attached hydrogen (secondary N) is 1. The lowest BCUT2D eigenvalue weighted by molar-refractivity contribution is 0.357. The predicted octanol–water partition coefficient (Wildman–Crippen LogP) is 8.71. The lowest BCUT2D eigenvalue weighted by Crippen LogP contribution is -2.51. The van der Waals surface area contributed by atoms with Crippen LogP contribution in [0.1, 0.15) is 58.4 Å². The molecule has 2 aliphatic rings. The van der Waals surface area contributed by atoms with Gasteiger partial charge in [0.25, 0.3) is 0 Å². The van der Waals surface area contributed by atoms with Crippen molar-refractivity contribution < 1.29 is 4.39 Å². The van der Waals surface area contributed by atoms with Gasteiger partial charge in [-0.1, -0.05) is 93.1 Å². The van der Waals surface area contributed by atoms with Crippen molar-refractivity contribution in [1.82, 2.24) is 5.32 Å². The lowest BCUT2D eigenvalue weighted by Gasteiger charge is -2.41. The molecule has 0 radical (unpaired) electrons. The Labute approximate surface area is 227 Å². The molecule has 186 valence electrons. The van der Waals surface area contributed by atoms with Gasteiger partial charge in [-0.15, -0.1) is 0 Å². The van der Waals surface area contributed by atoms with Crippen molar-refractivity contribution in [2.75, 3.05) is 4.90 Å². The highest BCUT2D eigenvalue weighted by molar-refractivity contribution is 7.80. The van der Waals surface area contributed by atoms with E-state index in [-0.39, 0.29) is 16.5 Å². The third-order valence-electron chi connectivity index (χ3n) is 6.72. The molecule has 0 unspecified atom stereocenters. The van der Waals surface area contributed by atoms with Crippen molar-refractivity contribution in [2.24, 2.45) is 10.4 Å². The summed E-state index contributed by atoms with van der Waals surface area (Å²) in [6.07, 6.45) is 9.17. The molecule has 1 atom stereocenters. The molecule has 1 aliphatic carbocycles. The molecule has 1 heterocycles. The molecule has 2 aromatic carbocycles. The van der Waals surface area contributed by atoms with Crippen LogP contribution >= 0.6 is 47.0 Å². The molecule has 0 amide bonds. The molecule has 1 N–H and O–H groups in total. The molecule has 1 aliphatic heterocycles. The van der Waals surface area contributed by atoms with Crippen molar-refractivity contribution in [2.45, 2.75) is 64.5 Å². The molecule has 35 heavy (non-hydrogen) atoms. The average molecular weight is 553 g/mol. The van der Waals surface area contributed by atoms with Crippen LogP contribution in [0.15, 0.2) is 47.5 Å². The Morgan fingerprint density at radius 3 is 2.40 bits per heavy atom. The Morgan fingerprint density at radius 2 is 1.77 bits per heavy atom. The molecule has 3 nitrogen and oxygen atoms in total. The second-order valence-electron chi connectivity index (χ2n) is 10.3. The second-order valence-corrected chi connectivity index (χ2v) is 11.9. The van der Waals surface area contributed by atoms with Gasteiger partial charge in [0.15, 0.2) is 5.11 Å². The van der Waals surface area contributed by atoms with E-state index in [4.69, 9.17) is 52.0 Å². The molecular weight excluding hydrogens is 524 g/mol. The zero-order valence-electron chi connectivity index (χ0n) is 20.0. The van der Waals surface area contributed by atoms with Crippen molar-refractivity contribution in [3.63, 3.8) is 0 Å². The third-order valence-corrected chi connectivity index (χ3v) is 7.85. The fraction of sp³-hybridized carbons (Fsp3) is 0.407. The SMILES string of the molecule is CC(C)(C)[C@H](/C=C/c1ccc(Cl)cc1Cl)N=C1NC(=S)N(c2ccc(F)c(Cl)c2)C12CCCCC2. The zero-order chi connectivity index (χ0) is 25.4. The van der Waals surface area contributed by atoms with Gasteiger partial charge < -0.3 is 10.2 Å². The topological polar surface area (TPSA) is 27.6 Å². The number of benzene rings is 2. The van der Waals surface area contributed by atoms with Crippen molar-refractivity contribution in [3.8, 4) is 0 Å². The van der Waals surface area contributed by atoms with Gasteiger partial charge in [-0.2, -0.15) is 0 Å². The van der Waals surface area contributed by atoms with E-state index in [1.54, 1.807) is 18.2 Å². The van der Waals surface area contributed by atoms with E-state index < -0.39 is 11.4 Å². The largest absolute Gasteiger partial charge is 0.319 e. The van der Waals surface area contributed by atoms with E-state index in [1.165, 1.54) is 6.07 Å². The van der Waals surface area contributed by atoms with Crippen molar-refractivity contribution >= 4 is 69.7 Å². The fourth-order valence-electron chi connectivity index (χ4n) is 4.81. The third kappa shape index (κ3) is 5.53. The number of hydrogen-bond donors (Lipinski definition) is 1. The lowest BCUT2D eigenvalue weighted by atomic mass is 9.79. The van der Waals surface area contributed by atoms with E-state index in [9.17, 15) is 4.39 Å². The van der Waals surface area contributed by atoms with Gasteiger partial charge in [0.2, 0.25) is 0 Å². The van der Waals surface area contributed by atoms with Gasteiger partial charge in [0.1, 0.15) is 17.2 Å². The monoisotopic (exact) mass is 551 g/mol. The van der Waals surface area contributed by atoms with E-state index >= 15 is 0 Å². The van der Waals surface area contributed by atoms with E-state index in [0.29, 0.717) is 15.2 Å². The molecule has 2 fully saturated rings. The zero-order valence-corrected chi connectivity index (χ0v) is 23.1. The first kappa shape index (κ1) is 26.4. The summed E-state index contributed by atoms with van der Waals surface area (Å²) in [5.74, 6) is 0.410. The average Bonchev–Trinajstić information content (AvgIpc) is 3.04. The Bertz CT molecular complexity index is 1180. The van der Waals surface area contributed by atoms with Crippen LogP contribution in [0, 0.1) is 11.2 Å². The summed E-state index contributed by atoms with van der Waals surface area (Å²) in [4.78, 5) is 7.35. The van der Waals surface area contributed by atoms with Crippen LogP contribution in [0.25, 0.3) is 6.08 Å². The van der Waals surface area contributed by atoms with Gasteiger partial charge >= 0.3 is 0 Å². The number of hydrogen-bond acceptors (Lipinski definition) is 2. The first-order valence-corrected chi connectivity index (χ1v) is 13.3. The fourth-order valence-corrected chi connectivity index (χ4v) is 5.83. The normalized spacial score (nSPS) is 20.1. The van der Waals surface area contributed by atoms with Gasteiger partial charge in [0, 0.05) is 15.7 Å². The van der Waals surface area contributed by atoms with Crippen LogP contribution in [-0.4, -0.2) is 22.5 Å². The number of thiocarbonyl (C=S) groups is 1. The maximum atomic E-state index is 13.9. The Hall–Kier alpha value is -1.66. The predicted molar refractivity (Wildman–Crippen MR) is 152 cm³/mol. The van der Waals surface area contributed by atoms with Crippen LogP contribution in [-0.2, 0) is 0 Å². The Morgan fingerprint density at radius 1 is 1.06 bits per heavy atom. The van der Waals surface area contributed by atoms with Crippen molar-refractivity contribution in [3.05, 3.63) is 68.9 Å². The summed E-state index contributed by atoms with van der Waals surface area (Å²) in [7, 11) is 0. The Kier molecular flexibility index (Phi) is 7.82. The first-order valence-electron chi connectivity index (χ1n) is 11.8. The standard InChI is InChI=1S/C27H29Cl3FN3S/c1-26(2,3)23(12-8-17-7-9-18(28)15-20(17)29)32-24-27(13-5-4-6-14-27)34(25(35)33-24)19-10-11-22(31)21(30)16-19/h7-12,15-16,23H,4-6,13-14H2,1-3H3,(H,32,33,35)/b12-8+/t23-/m0/s1. The summed E-state index contributed by atoms with van der Waals surface area (Å²) in [6, 6.07) is 10.1. The van der Waals surface area contributed by atoms with Gasteiger partial charge in [-0.3, -0.25) is 4.99 Å². The molecule has 0 aromatic heterocycles. The molecule has 0 bridgehead atoms. The molecule has 1 spiro atoms. The van der Waals surface area contributed by atoms with E-state index in [0.717, 1.165) is 49.2 Å². The molecule has 8 heteroatoms. The minimum Gasteiger partial charge on any atom is -0.319 e. The maximum Gasteiger partial charge on any atom is 0.179 e. The second kappa shape index (κ2) is 10.4. The highest BCUT2D eigenvalue weighted by Crippen LogP contribution is 2.42. The van der Waals surface area contributed by atoms with Crippen LogP contribution in [0.4, 0.5) is 10.1 Å². The maximum absolute atomic E-state index is 13.9. The summed E-state index contributed by atoms with van der Waals surface area (Å²) in [5.41, 5.74) is 1.09. The smallest absolute Gasteiger partial charge is 0.179 e. The van der Waals surface area contributed by atoms with E-state index in [1.807, 2.05) is 18.2 Å². The quantitative estimate of drug-likeness (QED) is 0.384. The number of nitrogens with zero attached hydrogens (tertiary/aromatic N) is 2. The van der Waals surface area contributed by atoms with Crippen LogP contribution in [0.3, 0.4) is 0 Å². The Balaban J connectivity index is 1.76. The van der Waals surface area contributed by atoms with Crippen LogP contribution in [0.2, 0.25) is 15.1 Å². The van der Waals surface area contributed by atoms with E-state index in [2.05, 4.69) is 37.1 Å². The first-order chi connectivity index (χ1) is 16.5. The molecule has 4 rings (SSSR count). The molecule has 1 saturated carbocycles. The number of rotatable bonds is 4. The highest BCUT2D eigenvalue weighted by Gasteiger charge is 2.50. The highest BCUT2D eigenvalue weighted by atomic mass is 35.5.